The van der Waals surface area contributed by atoms with E-state index in [1.807, 2.05) is 0 Å². The Morgan fingerprint density at radius 3 is 2.68 bits per heavy atom. The molecule has 19 heavy (non-hydrogen) atoms. The molecule has 3 fully saturated rings. The second-order valence-electron chi connectivity index (χ2n) is 5.76. The minimum atomic E-state index is 0.415. The summed E-state index contributed by atoms with van der Waals surface area (Å²) in [4.78, 5) is 14.9. The van der Waals surface area contributed by atoms with Crippen molar-refractivity contribution in [2.45, 2.75) is 32.5 Å². The summed E-state index contributed by atoms with van der Waals surface area (Å²) < 4.78 is 0. The van der Waals surface area contributed by atoms with Crippen LogP contribution < -0.4 is 5.32 Å². The van der Waals surface area contributed by atoms with E-state index in [-0.39, 0.29) is 0 Å². The fourth-order valence-electron chi connectivity index (χ4n) is 3.56. The first-order valence-electron chi connectivity index (χ1n) is 7.41. The predicted molar refractivity (Wildman–Crippen MR) is 72.7 cm³/mol. The van der Waals surface area contributed by atoms with Gasteiger partial charge >= 0.3 is 0 Å². The second-order valence-corrected chi connectivity index (χ2v) is 5.76. The molecule has 4 aliphatic heterocycles. The molecular weight excluding hydrogens is 238 g/mol. The van der Waals surface area contributed by atoms with Crippen LogP contribution in [0.5, 0.6) is 0 Å². The van der Waals surface area contributed by atoms with E-state index in [1.54, 1.807) is 0 Å². The summed E-state index contributed by atoms with van der Waals surface area (Å²) in [6, 6.07) is 0.415. The predicted octanol–water partition coefficient (Wildman–Crippen LogP) is 0.315. The molecule has 0 spiro atoms. The van der Waals surface area contributed by atoms with E-state index in [0.29, 0.717) is 6.04 Å². The molecule has 1 aromatic rings. The van der Waals surface area contributed by atoms with Crippen molar-refractivity contribution in [2.24, 2.45) is 0 Å². The maximum absolute atomic E-state index is 4.89. The summed E-state index contributed by atoms with van der Waals surface area (Å²) in [6.07, 6.45) is 1.01. The fraction of sp³-hybridized carbons (Fsp3) is 0.714. The van der Waals surface area contributed by atoms with Crippen molar-refractivity contribution in [3.8, 4) is 0 Å². The van der Waals surface area contributed by atoms with Crippen molar-refractivity contribution in [1.29, 1.82) is 0 Å². The van der Waals surface area contributed by atoms with E-state index in [9.17, 15) is 0 Å². The minimum absolute atomic E-state index is 0.415. The van der Waals surface area contributed by atoms with E-state index >= 15 is 0 Å². The van der Waals surface area contributed by atoms with Crippen LogP contribution in [0.15, 0.2) is 0 Å². The Labute approximate surface area is 114 Å². The average molecular weight is 259 g/mol. The number of rotatable bonds is 2. The van der Waals surface area contributed by atoms with E-state index in [4.69, 9.17) is 9.97 Å². The third-order valence-electron chi connectivity index (χ3n) is 4.70. The standard InChI is InChI=1S/C14H21N5/c1-2-11-10-7-15-8-12(10)17-14(16-11)13-9-18-3-5-19(13)6-4-18/h13,15H,2-9H2,1H3. The van der Waals surface area contributed by atoms with Gasteiger partial charge in [-0.05, 0) is 6.42 Å². The van der Waals surface area contributed by atoms with Gasteiger partial charge in [-0.15, -0.1) is 0 Å². The van der Waals surface area contributed by atoms with Crippen LogP contribution in [0.2, 0.25) is 0 Å². The Morgan fingerprint density at radius 1 is 1.16 bits per heavy atom. The third-order valence-corrected chi connectivity index (χ3v) is 4.70. The van der Waals surface area contributed by atoms with Crippen LogP contribution in [0, 0.1) is 0 Å². The van der Waals surface area contributed by atoms with Crippen LogP contribution in [0.3, 0.4) is 0 Å². The van der Waals surface area contributed by atoms with Gasteiger partial charge in [0.05, 0.1) is 11.7 Å². The molecule has 1 unspecified atom stereocenters. The zero-order valence-electron chi connectivity index (χ0n) is 11.5. The lowest BCUT2D eigenvalue weighted by Gasteiger charge is -2.46. The first-order valence-corrected chi connectivity index (χ1v) is 7.41. The Kier molecular flexibility index (Phi) is 2.79. The van der Waals surface area contributed by atoms with Crippen molar-refractivity contribution in [3.05, 3.63) is 22.8 Å². The zero-order valence-corrected chi connectivity index (χ0v) is 11.5. The normalized spacial score (nSPS) is 32.6. The number of hydrogen-bond donors (Lipinski definition) is 1. The van der Waals surface area contributed by atoms with Crippen LogP contribution in [0.1, 0.15) is 35.7 Å². The molecule has 1 N–H and O–H groups in total. The van der Waals surface area contributed by atoms with Gasteiger partial charge in [0.2, 0.25) is 0 Å². The van der Waals surface area contributed by atoms with Gasteiger partial charge in [0.1, 0.15) is 5.82 Å². The Balaban J connectivity index is 1.71. The molecular formula is C14H21N5. The first-order chi connectivity index (χ1) is 9.35. The lowest BCUT2D eigenvalue weighted by atomic mass is 10.1. The molecule has 5 heteroatoms. The Morgan fingerprint density at radius 2 is 2.00 bits per heavy atom. The lowest BCUT2D eigenvalue weighted by Crippen LogP contribution is -2.57. The number of fused-ring (bicyclic) bond motifs is 4. The molecule has 1 atom stereocenters. The van der Waals surface area contributed by atoms with Crippen molar-refractivity contribution in [2.75, 3.05) is 32.7 Å². The number of aromatic nitrogens is 2. The first kappa shape index (κ1) is 11.8. The maximum atomic E-state index is 4.89. The number of piperazine rings is 3. The molecule has 5 rings (SSSR count). The highest BCUT2D eigenvalue weighted by Gasteiger charge is 2.35. The smallest absolute Gasteiger partial charge is 0.147 e. The van der Waals surface area contributed by atoms with Crippen LogP contribution >= 0.6 is 0 Å². The topological polar surface area (TPSA) is 44.3 Å². The van der Waals surface area contributed by atoms with Crippen LogP contribution in [-0.2, 0) is 19.5 Å². The van der Waals surface area contributed by atoms with Gasteiger partial charge in [-0.25, -0.2) is 9.97 Å². The summed E-state index contributed by atoms with van der Waals surface area (Å²) >= 11 is 0. The molecule has 3 saturated heterocycles. The third kappa shape index (κ3) is 1.88. The Bertz CT molecular complexity index is 493. The second kappa shape index (κ2) is 4.51. The van der Waals surface area contributed by atoms with Crippen LogP contribution in [0.4, 0.5) is 0 Å². The zero-order chi connectivity index (χ0) is 12.8. The summed E-state index contributed by atoms with van der Waals surface area (Å²) in [5.74, 6) is 1.06. The van der Waals surface area contributed by atoms with Crippen LogP contribution in [0.25, 0.3) is 0 Å². The number of nitrogens with one attached hydrogen (secondary N) is 1. The van der Waals surface area contributed by atoms with Gasteiger partial charge in [-0.1, -0.05) is 6.92 Å². The molecule has 0 saturated carbocycles. The highest BCUT2D eigenvalue weighted by molar-refractivity contribution is 5.30. The van der Waals surface area contributed by atoms with E-state index < -0.39 is 0 Å². The Hall–Kier alpha value is -1.04. The highest BCUT2D eigenvalue weighted by atomic mass is 15.4. The molecule has 4 aliphatic rings. The molecule has 0 aromatic carbocycles. The van der Waals surface area contributed by atoms with E-state index in [2.05, 4.69) is 22.0 Å². The summed E-state index contributed by atoms with van der Waals surface area (Å²) in [7, 11) is 0. The summed E-state index contributed by atoms with van der Waals surface area (Å²) in [6.45, 7) is 9.92. The molecule has 0 radical (unpaired) electrons. The van der Waals surface area contributed by atoms with Gasteiger partial charge in [-0.2, -0.15) is 0 Å². The summed E-state index contributed by atoms with van der Waals surface area (Å²) in [5, 5.41) is 3.40. The van der Waals surface area contributed by atoms with E-state index in [1.165, 1.54) is 43.1 Å². The molecule has 0 amide bonds. The molecule has 5 heterocycles. The van der Waals surface area contributed by atoms with E-state index in [0.717, 1.165) is 31.9 Å². The van der Waals surface area contributed by atoms with Crippen molar-refractivity contribution >= 4 is 0 Å². The number of aryl methyl sites for hydroxylation is 1. The molecule has 2 bridgehead atoms. The largest absolute Gasteiger partial charge is 0.307 e. The number of hydrogen-bond acceptors (Lipinski definition) is 5. The van der Waals surface area contributed by atoms with Crippen molar-refractivity contribution in [1.82, 2.24) is 25.1 Å². The minimum Gasteiger partial charge on any atom is -0.307 e. The van der Waals surface area contributed by atoms with Crippen molar-refractivity contribution < 1.29 is 0 Å². The van der Waals surface area contributed by atoms with Gasteiger partial charge < -0.3 is 5.32 Å². The molecule has 5 nitrogen and oxygen atoms in total. The van der Waals surface area contributed by atoms with Crippen molar-refractivity contribution in [3.63, 3.8) is 0 Å². The molecule has 1 aromatic heterocycles. The fourth-order valence-corrected chi connectivity index (χ4v) is 3.56. The monoisotopic (exact) mass is 259 g/mol. The number of nitrogens with zero attached hydrogens (tertiary/aromatic N) is 4. The maximum Gasteiger partial charge on any atom is 0.147 e. The average Bonchev–Trinajstić information content (AvgIpc) is 2.95. The molecule has 0 aliphatic carbocycles. The lowest BCUT2D eigenvalue weighted by molar-refractivity contribution is 0.00848. The van der Waals surface area contributed by atoms with Gasteiger partial charge in [0.25, 0.3) is 0 Å². The SMILES string of the molecule is CCc1nc(C2CN3CCN2CC3)nc2c1CNC2. The quantitative estimate of drug-likeness (QED) is 0.828. The highest BCUT2D eigenvalue weighted by Crippen LogP contribution is 2.28. The van der Waals surface area contributed by atoms with Crippen LogP contribution in [-0.4, -0.2) is 52.5 Å². The van der Waals surface area contributed by atoms with Gasteiger partial charge in [0.15, 0.2) is 0 Å². The summed E-state index contributed by atoms with van der Waals surface area (Å²) in [5.41, 5.74) is 3.84. The van der Waals surface area contributed by atoms with Gasteiger partial charge in [-0.3, -0.25) is 9.80 Å². The van der Waals surface area contributed by atoms with Gasteiger partial charge in [0, 0.05) is 57.1 Å². The molecule has 102 valence electrons.